The highest BCUT2D eigenvalue weighted by Crippen LogP contribution is 2.43. The molecule has 0 aromatic rings. The van der Waals surface area contributed by atoms with Crippen molar-refractivity contribution >= 4 is 23.9 Å². The van der Waals surface area contributed by atoms with Gasteiger partial charge < -0.3 is 18.9 Å². The molecule has 0 aromatic heterocycles. The molecule has 0 N–H and O–H groups in total. The van der Waals surface area contributed by atoms with Crippen molar-refractivity contribution in [2.75, 3.05) is 26.9 Å². The summed E-state index contributed by atoms with van der Waals surface area (Å²) in [5.41, 5.74) is 0. The first kappa shape index (κ1) is 22.1. The van der Waals surface area contributed by atoms with Crippen LogP contribution in [0, 0.1) is 11.8 Å². The van der Waals surface area contributed by atoms with Crippen LogP contribution in [0.1, 0.15) is 27.2 Å². The van der Waals surface area contributed by atoms with Crippen molar-refractivity contribution in [3.8, 4) is 0 Å². The molecule has 2 aliphatic rings. The molecule has 0 radical (unpaired) electrons. The standard InChI is InChI=1S/C17H25NO10/c1-5-24-10(19)8-9-12-11(15(20)25-6-2)14(16(21)23-4)28-18(12)27-13(9)17(22)26-7-3/h9,11-14H,5-8H2,1-4H3/t9-,11+,12+,13+,14-/m0/s1. The zero-order valence-electron chi connectivity index (χ0n) is 16.2. The van der Waals surface area contributed by atoms with E-state index in [9.17, 15) is 19.2 Å². The van der Waals surface area contributed by atoms with Gasteiger partial charge in [0, 0.05) is 5.92 Å². The average Bonchev–Trinajstić information content (AvgIpc) is 3.18. The summed E-state index contributed by atoms with van der Waals surface area (Å²) in [6.07, 6.45) is -2.78. The van der Waals surface area contributed by atoms with Gasteiger partial charge in [-0.3, -0.25) is 19.3 Å². The minimum atomic E-state index is -1.33. The van der Waals surface area contributed by atoms with Crippen molar-refractivity contribution in [3.05, 3.63) is 0 Å². The van der Waals surface area contributed by atoms with Crippen molar-refractivity contribution in [3.63, 3.8) is 0 Å². The van der Waals surface area contributed by atoms with Gasteiger partial charge in [-0.1, -0.05) is 5.23 Å². The molecule has 0 saturated carbocycles. The van der Waals surface area contributed by atoms with Gasteiger partial charge in [-0.15, -0.1) is 0 Å². The van der Waals surface area contributed by atoms with E-state index in [1.54, 1.807) is 20.8 Å². The minimum Gasteiger partial charge on any atom is -0.467 e. The summed E-state index contributed by atoms with van der Waals surface area (Å²) in [4.78, 5) is 60.0. The van der Waals surface area contributed by atoms with Crippen LogP contribution in [0.5, 0.6) is 0 Å². The number of methoxy groups -OCH3 is 1. The smallest absolute Gasteiger partial charge is 0.338 e. The Morgan fingerprint density at radius 2 is 1.39 bits per heavy atom. The lowest BCUT2D eigenvalue weighted by molar-refractivity contribution is -0.350. The molecule has 0 spiro atoms. The predicted molar refractivity (Wildman–Crippen MR) is 88.9 cm³/mol. The van der Waals surface area contributed by atoms with Crippen LogP contribution in [-0.4, -0.2) is 74.3 Å². The lowest BCUT2D eigenvalue weighted by Gasteiger charge is -2.23. The Labute approximate surface area is 162 Å². The third-order valence-corrected chi connectivity index (χ3v) is 4.42. The zero-order chi connectivity index (χ0) is 20.8. The number of rotatable bonds is 8. The second kappa shape index (κ2) is 9.80. The first-order valence-corrected chi connectivity index (χ1v) is 9.08. The fourth-order valence-corrected chi connectivity index (χ4v) is 3.33. The predicted octanol–water partition coefficient (Wildman–Crippen LogP) is -0.231. The number of esters is 4. The highest BCUT2D eigenvalue weighted by Gasteiger charge is 2.63. The van der Waals surface area contributed by atoms with Gasteiger partial charge in [-0.2, -0.15) is 0 Å². The number of hydrogen-bond donors (Lipinski definition) is 0. The molecule has 2 rings (SSSR count). The molecular weight excluding hydrogens is 378 g/mol. The van der Waals surface area contributed by atoms with Crippen LogP contribution < -0.4 is 0 Å². The van der Waals surface area contributed by atoms with Crippen LogP contribution in [0.4, 0.5) is 0 Å². The Bertz CT molecular complexity index is 609. The first-order valence-electron chi connectivity index (χ1n) is 9.08. The SMILES string of the molecule is CCOC(=O)C[C@H]1[C@@H]2[C@@H](C(=O)OCC)[C@@H](C(=O)OC)ON2O[C@H]1C(=O)OCC. The van der Waals surface area contributed by atoms with Crippen molar-refractivity contribution in [2.45, 2.75) is 45.4 Å². The van der Waals surface area contributed by atoms with Gasteiger partial charge >= 0.3 is 23.9 Å². The summed E-state index contributed by atoms with van der Waals surface area (Å²) in [6, 6.07) is -0.943. The van der Waals surface area contributed by atoms with Crippen molar-refractivity contribution < 1.29 is 47.8 Å². The first-order chi connectivity index (χ1) is 13.4. The Morgan fingerprint density at radius 1 is 0.821 bits per heavy atom. The number of carbonyl (C=O) groups excluding carboxylic acids is 4. The summed E-state index contributed by atoms with van der Waals surface area (Å²) >= 11 is 0. The topological polar surface area (TPSA) is 127 Å². The lowest BCUT2D eigenvalue weighted by atomic mass is 9.82. The van der Waals surface area contributed by atoms with E-state index in [1.807, 2.05) is 0 Å². The summed E-state index contributed by atoms with van der Waals surface area (Å²) in [5, 5.41) is 0.897. The Balaban J connectivity index is 2.36. The van der Waals surface area contributed by atoms with E-state index in [2.05, 4.69) is 4.74 Å². The molecule has 2 saturated heterocycles. The molecule has 2 heterocycles. The lowest BCUT2D eigenvalue weighted by Crippen LogP contribution is -2.44. The van der Waals surface area contributed by atoms with Crippen LogP contribution in [0.15, 0.2) is 0 Å². The Kier molecular flexibility index (Phi) is 7.72. The fraction of sp³-hybridized carbons (Fsp3) is 0.765. The highest BCUT2D eigenvalue weighted by atomic mass is 17.0. The van der Waals surface area contributed by atoms with E-state index >= 15 is 0 Å². The van der Waals surface area contributed by atoms with Crippen molar-refractivity contribution in [1.82, 2.24) is 5.23 Å². The van der Waals surface area contributed by atoms with E-state index in [4.69, 9.17) is 23.9 Å². The van der Waals surface area contributed by atoms with Gasteiger partial charge in [0.1, 0.15) is 5.92 Å². The fourth-order valence-electron chi connectivity index (χ4n) is 3.33. The molecule has 11 nitrogen and oxygen atoms in total. The zero-order valence-corrected chi connectivity index (χ0v) is 16.2. The largest absolute Gasteiger partial charge is 0.467 e. The number of hydrogen-bond acceptors (Lipinski definition) is 11. The molecule has 2 fully saturated rings. The third kappa shape index (κ3) is 4.42. The van der Waals surface area contributed by atoms with Gasteiger partial charge in [0.05, 0.1) is 39.4 Å². The second-order valence-corrected chi connectivity index (χ2v) is 6.05. The number of nitrogens with zero attached hydrogens (tertiary/aromatic N) is 1. The normalized spacial score (nSPS) is 29.1. The maximum absolute atomic E-state index is 12.6. The number of hydroxylamine groups is 2. The van der Waals surface area contributed by atoms with Crippen molar-refractivity contribution in [1.29, 1.82) is 0 Å². The molecule has 11 heteroatoms. The summed E-state index contributed by atoms with van der Waals surface area (Å²) in [6.45, 7) is 5.20. The number of ether oxygens (including phenoxy) is 4. The van der Waals surface area contributed by atoms with Gasteiger partial charge in [-0.25, -0.2) is 9.59 Å². The van der Waals surface area contributed by atoms with E-state index in [1.165, 1.54) is 0 Å². The quantitative estimate of drug-likeness (QED) is 0.394. The number of carbonyl (C=O) groups is 4. The Morgan fingerprint density at radius 3 is 1.96 bits per heavy atom. The molecule has 0 amide bonds. The molecule has 28 heavy (non-hydrogen) atoms. The van der Waals surface area contributed by atoms with Crippen LogP contribution >= 0.6 is 0 Å². The van der Waals surface area contributed by atoms with Gasteiger partial charge in [0.2, 0.25) is 0 Å². The molecule has 158 valence electrons. The van der Waals surface area contributed by atoms with E-state index < -0.39 is 54.0 Å². The second-order valence-electron chi connectivity index (χ2n) is 6.05. The van der Waals surface area contributed by atoms with Crippen LogP contribution in [0.25, 0.3) is 0 Å². The molecule has 5 atom stereocenters. The molecule has 0 aromatic carbocycles. The maximum atomic E-state index is 12.6. The number of fused-ring (bicyclic) bond motifs is 1. The van der Waals surface area contributed by atoms with Crippen LogP contribution in [0.2, 0.25) is 0 Å². The highest BCUT2D eigenvalue weighted by molar-refractivity contribution is 5.86. The average molecular weight is 403 g/mol. The maximum Gasteiger partial charge on any atom is 0.338 e. The van der Waals surface area contributed by atoms with Gasteiger partial charge in [0.15, 0.2) is 12.2 Å². The summed E-state index contributed by atoms with van der Waals surface area (Å²) < 4.78 is 19.7. The third-order valence-electron chi connectivity index (χ3n) is 4.42. The van der Waals surface area contributed by atoms with E-state index in [-0.39, 0.29) is 26.2 Å². The van der Waals surface area contributed by atoms with Crippen molar-refractivity contribution in [2.24, 2.45) is 11.8 Å². The summed E-state index contributed by atoms with van der Waals surface area (Å²) in [7, 11) is 1.15. The molecule has 0 bridgehead atoms. The van der Waals surface area contributed by atoms with E-state index in [0.29, 0.717) is 0 Å². The molecule has 2 aliphatic heterocycles. The minimum absolute atomic E-state index is 0.0701. The molecule has 0 unspecified atom stereocenters. The van der Waals surface area contributed by atoms with E-state index in [0.717, 1.165) is 12.3 Å². The van der Waals surface area contributed by atoms with Gasteiger partial charge in [-0.05, 0) is 20.8 Å². The van der Waals surface area contributed by atoms with Gasteiger partial charge in [0.25, 0.3) is 0 Å². The summed E-state index contributed by atoms with van der Waals surface area (Å²) in [5.74, 6) is -4.86. The molecule has 0 aliphatic carbocycles. The Hall–Kier alpha value is -2.24. The molecular formula is C17H25NO10. The monoisotopic (exact) mass is 403 g/mol. The van der Waals surface area contributed by atoms with Crippen LogP contribution in [0.3, 0.4) is 0 Å². The van der Waals surface area contributed by atoms with Crippen LogP contribution in [-0.2, 0) is 47.8 Å².